The molecular weight excluding hydrogens is 312 g/mol. The average molecular weight is 334 g/mol. The molecule has 1 saturated heterocycles. The van der Waals surface area contributed by atoms with Gasteiger partial charge in [0.2, 0.25) is 17.6 Å². The van der Waals surface area contributed by atoms with Crippen LogP contribution in [0.3, 0.4) is 0 Å². The van der Waals surface area contributed by atoms with Crippen molar-refractivity contribution in [3.05, 3.63) is 23.4 Å². The molecule has 124 valence electrons. The number of rotatable bonds is 7. The number of nitrogens with one attached hydrogen (secondary N) is 1. The van der Waals surface area contributed by atoms with Gasteiger partial charge < -0.3 is 9.84 Å². The van der Waals surface area contributed by atoms with E-state index < -0.39 is 0 Å². The molecule has 23 heavy (non-hydrogen) atoms. The van der Waals surface area contributed by atoms with Crippen LogP contribution in [-0.2, 0) is 11.2 Å². The molecule has 7 heteroatoms. The number of aryl methyl sites for hydroxylation is 1. The van der Waals surface area contributed by atoms with Gasteiger partial charge in [-0.3, -0.25) is 9.69 Å². The summed E-state index contributed by atoms with van der Waals surface area (Å²) in [5, 5.41) is 8.92. The maximum Gasteiger partial charge on any atom is 0.227 e. The SMILES string of the molecule is C[C@@H](CNC(=O)CCc1nc(-c2cccs2)no1)N1CCCC1. The van der Waals surface area contributed by atoms with Crippen molar-refractivity contribution in [2.75, 3.05) is 19.6 Å². The summed E-state index contributed by atoms with van der Waals surface area (Å²) in [4.78, 5) is 19.7. The predicted molar refractivity (Wildman–Crippen MR) is 89.2 cm³/mol. The number of carbonyl (C=O) groups is 1. The molecule has 1 amide bonds. The number of hydrogen-bond donors (Lipinski definition) is 1. The lowest BCUT2D eigenvalue weighted by atomic mass is 10.2. The van der Waals surface area contributed by atoms with Crippen molar-refractivity contribution >= 4 is 17.2 Å². The quantitative estimate of drug-likeness (QED) is 0.841. The number of aromatic nitrogens is 2. The second-order valence-corrected chi connectivity index (χ2v) is 6.83. The van der Waals surface area contributed by atoms with Gasteiger partial charge in [0.25, 0.3) is 0 Å². The average Bonchev–Trinajstić information content (AvgIpc) is 3.32. The van der Waals surface area contributed by atoms with E-state index in [1.54, 1.807) is 11.3 Å². The van der Waals surface area contributed by atoms with Gasteiger partial charge in [-0.05, 0) is 44.3 Å². The second-order valence-electron chi connectivity index (χ2n) is 5.89. The lowest BCUT2D eigenvalue weighted by Crippen LogP contribution is -2.40. The van der Waals surface area contributed by atoms with Gasteiger partial charge in [0.05, 0.1) is 4.88 Å². The van der Waals surface area contributed by atoms with Gasteiger partial charge in [0, 0.05) is 25.4 Å². The molecule has 1 atom stereocenters. The topological polar surface area (TPSA) is 71.3 Å². The maximum absolute atomic E-state index is 12.0. The third-order valence-corrected chi connectivity index (χ3v) is 5.00. The number of likely N-dealkylation sites (tertiary alicyclic amines) is 1. The van der Waals surface area contributed by atoms with Crippen molar-refractivity contribution < 1.29 is 9.32 Å². The Morgan fingerprint density at radius 2 is 2.30 bits per heavy atom. The summed E-state index contributed by atoms with van der Waals surface area (Å²) in [5.74, 6) is 1.14. The minimum Gasteiger partial charge on any atom is -0.355 e. The van der Waals surface area contributed by atoms with Crippen molar-refractivity contribution in [3.63, 3.8) is 0 Å². The zero-order chi connectivity index (χ0) is 16.1. The standard InChI is InChI=1S/C16H22N4O2S/c1-12(20-8-2-3-9-20)11-17-14(21)6-7-15-18-16(19-22-15)13-5-4-10-23-13/h4-5,10,12H,2-3,6-9,11H2,1H3,(H,17,21)/t12-/m0/s1. The molecule has 3 heterocycles. The fourth-order valence-electron chi connectivity index (χ4n) is 2.74. The monoisotopic (exact) mass is 334 g/mol. The van der Waals surface area contributed by atoms with E-state index in [0.29, 0.717) is 37.1 Å². The summed E-state index contributed by atoms with van der Waals surface area (Å²) < 4.78 is 5.20. The van der Waals surface area contributed by atoms with Crippen LogP contribution in [0.4, 0.5) is 0 Å². The van der Waals surface area contributed by atoms with Gasteiger partial charge in [0.1, 0.15) is 0 Å². The maximum atomic E-state index is 12.0. The molecule has 0 unspecified atom stereocenters. The molecule has 0 aliphatic carbocycles. The van der Waals surface area contributed by atoms with Crippen LogP contribution in [-0.4, -0.2) is 46.6 Å². The first-order valence-electron chi connectivity index (χ1n) is 8.09. The Hall–Kier alpha value is -1.73. The summed E-state index contributed by atoms with van der Waals surface area (Å²) in [5.41, 5.74) is 0. The van der Waals surface area contributed by atoms with E-state index in [9.17, 15) is 4.79 Å². The van der Waals surface area contributed by atoms with Crippen molar-refractivity contribution in [1.29, 1.82) is 0 Å². The van der Waals surface area contributed by atoms with Gasteiger partial charge in [0.15, 0.2) is 0 Å². The predicted octanol–water partition coefficient (Wildman–Crippen LogP) is 2.33. The summed E-state index contributed by atoms with van der Waals surface area (Å²) in [6.07, 6.45) is 3.38. The molecular formula is C16H22N4O2S. The smallest absolute Gasteiger partial charge is 0.227 e. The molecule has 0 radical (unpaired) electrons. The van der Waals surface area contributed by atoms with E-state index in [0.717, 1.165) is 18.0 Å². The van der Waals surface area contributed by atoms with Crippen LogP contribution in [0.2, 0.25) is 0 Å². The minimum atomic E-state index is 0.0342. The molecule has 3 rings (SSSR count). The van der Waals surface area contributed by atoms with Gasteiger partial charge in [-0.1, -0.05) is 11.2 Å². The lowest BCUT2D eigenvalue weighted by molar-refractivity contribution is -0.121. The molecule has 0 saturated carbocycles. The van der Waals surface area contributed by atoms with E-state index in [-0.39, 0.29) is 5.91 Å². The van der Waals surface area contributed by atoms with Crippen molar-refractivity contribution in [1.82, 2.24) is 20.4 Å². The molecule has 6 nitrogen and oxygen atoms in total. The number of nitrogens with zero attached hydrogens (tertiary/aromatic N) is 3. The summed E-state index contributed by atoms with van der Waals surface area (Å²) in [6, 6.07) is 4.30. The molecule has 1 aliphatic rings. The number of carbonyl (C=O) groups excluding carboxylic acids is 1. The molecule has 1 N–H and O–H groups in total. The van der Waals surface area contributed by atoms with Crippen LogP contribution in [0.15, 0.2) is 22.0 Å². The molecule has 0 spiro atoms. The summed E-state index contributed by atoms with van der Waals surface area (Å²) >= 11 is 1.57. The van der Waals surface area contributed by atoms with Gasteiger partial charge in [-0.15, -0.1) is 11.3 Å². The zero-order valence-electron chi connectivity index (χ0n) is 13.3. The normalized spacial score (nSPS) is 16.6. The Balaban J connectivity index is 1.40. The molecule has 2 aromatic rings. The number of hydrogen-bond acceptors (Lipinski definition) is 6. The Bertz CT molecular complexity index is 620. The Kier molecular flexibility index (Phi) is 5.40. The van der Waals surface area contributed by atoms with Crippen LogP contribution in [0, 0.1) is 0 Å². The van der Waals surface area contributed by atoms with Gasteiger partial charge >= 0.3 is 0 Å². The van der Waals surface area contributed by atoms with Crippen LogP contribution in [0.5, 0.6) is 0 Å². The van der Waals surface area contributed by atoms with Crippen LogP contribution in [0.1, 0.15) is 32.1 Å². The largest absolute Gasteiger partial charge is 0.355 e. The Morgan fingerprint density at radius 1 is 1.48 bits per heavy atom. The molecule has 1 fully saturated rings. The highest BCUT2D eigenvalue weighted by atomic mass is 32.1. The molecule has 0 bridgehead atoms. The summed E-state index contributed by atoms with van der Waals surface area (Å²) in [6.45, 7) is 5.15. The lowest BCUT2D eigenvalue weighted by Gasteiger charge is -2.23. The number of thiophene rings is 1. The van der Waals surface area contributed by atoms with Crippen molar-refractivity contribution in [3.8, 4) is 10.7 Å². The highest BCUT2D eigenvalue weighted by Gasteiger charge is 2.18. The third-order valence-electron chi connectivity index (χ3n) is 4.13. The highest BCUT2D eigenvalue weighted by Crippen LogP contribution is 2.21. The van der Waals surface area contributed by atoms with E-state index in [1.807, 2.05) is 17.5 Å². The molecule has 0 aromatic carbocycles. The highest BCUT2D eigenvalue weighted by molar-refractivity contribution is 7.13. The van der Waals surface area contributed by atoms with E-state index >= 15 is 0 Å². The van der Waals surface area contributed by atoms with Gasteiger partial charge in [-0.25, -0.2) is 0 Å². The zero-order valence-corrected chi connectivity index (χ0v) is 14.1. The van der Waals surface area contributed by atoms with Crippen molar-refractivity contribution in [2.45, 2.75) is 38.6 Å². The fourth-order valence-corrected chi connectivity index (χ4v) is 3.39. The Morgan fingerprint density at radius 3 is 3.04 bits per heavy atom. The van der Waals surface area contributed by atoms with Gasteiger partial charge in [-0.2, -0.15) is 4.98 Å². The molecule has 2 aromatic heterocycles. The van der Waals surface area contributed by atoms with Crippen molar-refractivity contribution in [2.24, 2.45) is 0 Å². The van der Waals surface area contributed by atoms with Crippen LogP contribution >= 0.6 is 11.3 Å². The van der Waals surface area contributed by atoms with E-state index in [1.165, 1.54) is 12.8 Å². The number of amides is 1. The minimum absolute atomic E-state index is 0.0342. The Labute approximate surface area is 139 Å². The third kappa shape index (κ3) is 4.39. The van der Waals surface area contributed by atoms with E-state index in [2.05, 4.69) is 27.3 Å². The second kappa shape index (κ2) is 7.70. The van der Waals surface area contributed by atoms with Crippen LogP contribution in [0.25, 0.3) is 10.7 Å². The summed E-state index contributed by atoms with van der Waals surface area (Å²) in [7, 11) is 0. The first-order valence-corrected chi connectivity index (χ1v) is 8.97. The van der Waals surface area contributed by atoms with E-state index in [4.69, 9.17) is 4.52 Å². The first kappa shape index (κ1) is 16.1. The molecule has 1 aliphatic heterocycles. The van der Waals surface area contributed by atoms with Crippen LogP contribution < -0.4 is 5.32 Å². The fraction of sp³-hybridized carbons (Fsp3) is 0.562. The first-order chi connectivity index (χ1) is 11.2.